The standard InChI is InChI=1S/C14H24N2O5/c1-14(2,3)21-13(18)15-11-9-20-16(12(11)17)8-10-4-6-19-7-5-10/h10-11H,4-9H2,1-3H3,(H,15,18)/t11-/m1/s1. The smallest absolute Gasteiger partial charge is 0.408 e. The molecule has 0 spiro atoms. The van der Waals surface area contributed by atoms with Gasteiger partial charge in [-0.3, -0.25) is 9.63 Å². The van der Waals surface area contributed by atoms with Crippen molar-refractivity contribution in [1.82, 2.24) is 10.4 Å². The average Bonchev–Trinajstić information content (AvgIpc) is 2.70. The molecule has 1 N–H and O–H groups in total. The topological polar surface area (TPSA) is 77.1 Å². The summed E-state index contributed by atoms with van der Waals surface area (Å²) in [5, 5.41) is 3.91. The Bertz CT molecular complexity index is 387. The predicted octanol–water partition coefficient (Wildman–Crippen LogP) is 1.08. The molecule has 0 aromatic rings. The molecule has 0 unspecified atom stereocenters. The summed E-state index contributed by atoms with van der Waals surface area (Å²) in [5.41, 5.74) is -0.589. The minimum absolute atomic E-state index is 0.154. The summed E-state index contributed by atoms with van der Waals surface area (Å²) >= 11 is 0. The van der Waals surface area contributed by atoms with Crippen LogP contribution >= 0.6 is 0 Å². The normalized spacial score (nSPS) is 24.2. The highest BCUT2D eigenvalue weighted by Crippen LogP contribution is 2.19. The fourth-order valence-electron chi connectivity index (χ4n) is 2.33. The van der Waals surface area contributed by atoms with Gasteiger partial charge in [0.05, 0.1) is 6.54 Å². The van der Waals surface area contributed by atoms with Crippen LogP contribution in [0.2, 0.25) is 0 Å². The number of hydroxylamine groups is 2. The Morgan fingerprint density at radius 3 is 2.67 bits per heavy atom. The summed E-state index contributed by atoms with van der Waals surface area (Å²) in [5.74, 6) is 0.176. The second kappa shape index (κ2) is 6.62. The van der Waals surface area contributed by atoms with Crippen LogP contribution in [0.5, 0.6) is 0 Å². The van der Waals surface area contributed by atoms with Crippen LogP contribution in [0.1, 0.15) is 33.6 Å². The van der Waals surface area contributed by atoms with E-state index in [1.807, 2.05) is 0 Å². The van der Waals surface area contributed by atoms with E-state index in [1.165, 1.54) is 5.06 Å². The van der Waals surface area contributed by atoms with Crippen LogP contribution in [0.25, 0.3) is 0 Å². The van der Waals surface area contributed by atoms with Crippen molar-refractivity contribution in [2.75, 3.05) is 26.4 Å². The number of carbonyl (C=O) groups excluding carboxylic acids is 2. The molecule has 21 heavy (non-hydrogen) atoms. The number of amides is 2. The Hall–Kier alpha value is -1.34. The maximum absolute atomic E-state index is 12.2. The van der Waals surface area contributed by atoms with Crippen molar-refractivity contribution in [3.63, 3.8) is 0 Å². The van der Waals surface area contributed by atoms with Crippen LogP contribution < -0.4 is 5.32 Å². The highest BCUT2D eigenvalue weighted by atomic mass is 16.7. The fourth-order valence-corrected chi connectivity index (χ4v) is 2.33. The average molecular weight is 300 g/mol. The van der Waals surface area contributed by atoms with Crippen molar-refractivity contribution in [2.45, 2.75) is 45.3 Å². The molecule has 0 aliphatic carbocycles. The Balaban J connectivity index is 1.79. The van der Waals surface area contributed by atoms with Gasteiger partial charge in [-0.1, -0.05) is 0 Å². The molecule has 2 aliphatic heterocycles. The molecule has 0 bridgehead atoms. The first-order valence-corrected chi connectivity index (χ1v) is 7.37. The first-order chi connectivity index (χ1) is 9.85. The molecule has 2 saturated heterocycles. The molecule has 0 radical (unpaired) electrons. The third kappa shape index (κ3) is 4.86. The van der Waals surface area contributed by atoms with E-state index < -0.39 is 17.7 Å². The van der Waals surface area contributed by atoms with Crippen LogP contribution in [-0.2, 0) is 19.1 Å². The molecule has 2 amide bonds. The molecule has 0 aromatic carbocycles. The zero-order valence-corrected chi connectivity index (χ0v) is 12.9. The van der Waals surface area contributed by atoms with Crippen LogP contribution in [0.15, 0.2) is 0 Å². The van der Waals surface area contributed by atoms with Crippen LogP contribution in [0, 0.1) is 5.92 Å². The van der Waals surface area contributed by atoms with Gasteiger partial charge in [-0.05, 0) is 39.5 Å². The second-order valence-corrected chi connectivity index (χ2v) is 6.45. The van der Waals surface area contributed by atoms with Crippen LogP contribution in [0.3, 0.4) is 0 Å². The van der Waals surface area contributed by atoms with Gasteiger partial charge in [0.25, 0.3) is 5.91 Å². The molecule has 0 aromatic heterocycles. The highest BCUT2D eigenvalue weighted by Gasteiger charge is 2.36. The summed E-state index contributed by atoms with van der Waals surface area (Å²) < 4.78 is 10.4. The second-order valence-electron chi connectivity index (χ2n) is 6.45. The lowest BCUT2D eigenvalue weighted by atomic mass is 10.0. The molecule has 7 nitrogen and oxygen atoms in total. The van der Waals surface area contributed by atoms with E-state index in [1.54, 1.807) is 20.8 Å². The molecule has 2 fully saturated rings. The van der Waals surface area contributed by atoms with Crippen molar-refractivity contribution >= 4 is 12.0 Å². The van der Waals surface area contributed by atoms with Crippen LogP contribution in [-0.4, -0.2) is 55.1 Å². The number of hydrogen-bond donors (Lipinski definition) is 1. The Kier molecular flexibility index (Phi) is 5.05. The van der Waals surface area contributed by atoms with E-state index in [0.29, 0.717) is 12.5 Å². The van der Waals surface area contributed by atoms with E-state index in [4.69, 9.17) is 14.3 Å². The number of alkyl carbamates (subject to hydrolysis) is 1. The largest absolute Gasteiger partial charge is 0.444 e. The molecular formula is C14H24N2O5. The maximum atomic E-state index is 12.2. The lowest BCUT2D eigenvalue weighted by molar-refractivity contribution is -0.166. The lowest BCUT2D eigenvalue weighted by Gasteiger charge is -2.25. The summed E-state index contributed by atoms with van der Waals surface area (Å²) in [7, 11) is 0. The van der Waals surface area contributed by atoms with E-state index in [0.717, 1.165) is 26.1 Å². The number of rotatable bonds is 3. The van der Waals surface area contributed by atoms with Gasteiger partial charge in [-0.25, -0.2) is 9.86 Å². The zero-order valence-electron chi connectivity index (χ0n) is 12.9. The van der Waals surface area contributed by atoms with Crippen LogP contribution in [0.4, 0.5) is 4.79 Å². The Labute approximate surface area is 124 Å². The van der Waals surface area contributed by atoms with Gasteiger partial charge in [-0.2, -0.15) is 0 Å². The Morgan fingerprint density at radius 1 is 1.38 bits per heavy atom. The summed E-state index contributed by atoms with van der Waals surface area (Å²) in [6, 6.07) is -0.667. The number of nitrogens with one attached hydrogen (secondary N) is 1. The maximum Gasteiger partial charge on any atom is 0.408 e. The van der Waals surface area contributed by atoms with E-state index in [2.05, 4.69) is 5.32 Å². The fraction of sp³-hybridized carbons (Fsp3) is 0.857. The van der Waals surface area contributed by atoms with Crippen molar-refractivity contribution in [3.05, 3.63) is 0 Å². The molecule has 7 heteroatoms. The number of nitrogens with zero attached hydrogens (tertiary/aromatic N) is 1. The molecule has 120 valence electrons. The summed E-state index contributed by atoms with van der Waals surface area (Å²) in [4.78, 5) is 29.2. The van der Waals surface area contributed by atoms with Gasteiger partial charge in [0.15, 0.2) is 0 Å². The first kappa shape index (κ1) is 16.0. The third-order valence-corrected chi connectivity index (χ3v) is 3.40. The van der Waals surface area contributed by atoms with Gasteiger partial charge < -0.3 is 14.8 Å². The van der Waals surface area contributed by atoms with Gasteiger partial charge in [0.2, 0.25) is 0 Å². The predicted molar refractivity (Wildman–Crippen MR) is 74.4 cm³/mol. The van der Waals surface area contributed by atoms with Crippen molar-refractivity contribution in [2.24, 2.45) is 5.92 Å². The number of ether oxygens (including phenoxy) is 2. The molecule has 2 heterocycles. The summed E-state index contributed by atoms with van der Waals surface area (Å²) in [6.07, 6.45) is 1.26. The van der Waals surface area contributed by atoms with E-state index >= 15 is 0 Å². The molecule has 1 atom stereocenters. The highest BCUT2D eigenvalue weighted by molar-refractivity contribution is 5.86. The van der Waals surface area contributed by atoms with E-state index in [-0.39, 0.29) is 12.5 Å². The molecule has 2 aliphatic rings. The first-order valence-electron chi connectivity index (χ1n) is 7.37. The van der Waals surface area contributed by atoms with Gasteiger partial charge in [-0.15, -0.1) is 0 Å². The monoisotopic (exact) mass is 300 g/mol. The Morgan fingerprint density at radius 2 is 2.05 bits per heavy atom. The van der Waals surface area contributed by atoms with Crippen molar-refractivity contribution < 1.29 is 23.9 Å². The minimum atomic E-state index is -0.667. The lowest BCUT2D eigenvalue weighted by Crippen LogP contribution is -2.45. The number of carbonyl (C=O) groups is 2. The van der Waals surface area contributed by atoms with Gasteiger partial charge >= 0.3 is 6.09 Å². The molecule has 2 rings (SSSR count). The minimum Gasteiger partial charge on any atom is -0.444 e. The molecule has 0 saturated carbocycles. The van der Waals surface area contributed by atoms with Crippen molar-refractivity contribution in [1.29, 1.82) is 0 Å². The summed E-state index contributed by atoms with van der Waals surface area (Å²) in [6.45, 7) is 7.49. The molecular weight excluding hydrogens is 276 g/mol. The zero-order chi connectivity index (χ0) is 15.5. The van der Waals surface area contributed by atoms with Gasteiger partial charge in [0, 0.05) is 13.2 Å². The third-order valence-electron chi connectivity index (χ3n) is 3.40. The van der Waals surface area contributed by atoms with Crippen molar-refractivity contribution in [3.8, 4) is 0 Å². The quantitative estimate of drug-likeness (QED) is 0.844. The SMILES string of the molecule is CC(C)(C)OC(=O)N[C@@H]1CON(CC2CCOCC2)C1=O. The number of hydrogen-bond acceptors (Lipinski definition) is 5. The van der Waals surface area contributed by atoms with Gasteiger partial charge in [0.1, 0.15) is 18.2 Å². The van der Waals surface area contributed by atoms with E-state index in [9.17, 15) is 9.59 Å².